The molecule has 0 saturated carbocycles. The summed E-state index contributed by atoms with van der Waals surface area (Å²) in [6, 6.07) is 4.51. The molecule has 0 heterocycles. The second-order valence-electron chi connectivity index (χ2n) is 5.47. The van der Waals surface area contributed by atoms with E-state index >= 15 is 0 Å². The van der Waals surface area contributed by atoms with Gasteiger partial charge < -0.3 is 10.5 Å². The summed E-state index contributed by atoms with van der Waals surface area (Å²) in [4.78, 5) is 11.9. The third-order valence-corrected chi connectivity index (χ3v) is 4.11. The Morgan fingerprint density at radius 2 is 1.78 bits per heavy atom. The monoisotopic (exact) mass is 245 g/mol. The van der Waals surface area contributed by atoms with E-state index in [4.69, 9.17) is 10.5 Å². The molecule has 3 nitrogen and oxygen atoms in total. The van der Waals surface area contributed by atoms with Crippen molar-refractivity contribution < 1.29 is 9.53 Å². The molecule has 96 valence electrons. The molecule has 3 heteroatoms. The minimum absolute atomic E-state index is 0.263. The van der Waals surface area contributed by atoms with Gasteiger partial charge in [-0.3, -0.25) is 4.79 Å². The number of fused-ring (bicyclic) bond motifs is 2. The van der Waals surface area contributed by atoms with Crippen LogP contribution in [0.1, 0.15) is 35.6 Å². The quantitative estimate of drug-likeness (QED) is 0.804. The third-order valence-electron chi connectivity index (χ3n) is 4.11. The normalized spacial score (nSPS) is 19.4. The zero-order valence-electron chi connectivity index (χ0n) is 10.8. The molecule has 3 rings (SSSR count). The summed E-state index contributed by atoms with van der Waals surface area (Å²) in [5.74, 6) is -0.263. The number of hydrogen-bond donors (Lipinski definition) is 1. The molecule has 2 aliphatic rings. The van der Waals surface area contributed by atoms with Gasteiger partial charge in [0.1, 0.15) is 5.54 Å². The maximum Gasteiger partial charge on any atom is 0.326 e. The molecule has 18 heavy (non-hydrogen) atoms. The lowest BCUT2D eigenvalue weighted by atomic mass is 9.97. The molecule has 0 atom stereocenters. The van der Waals surface area contributed by atoms with Gasteiger partial charge in [0.05, 0.1) is 6.61 Å². The summed E-state index contributed by atoms with van der Waals surface area (Å²) >= 11 is 0. The van der Waals surface area contributed by atoms with Crippen LogP contribution >= 0.6 is 0 Å². The summed E-state index contributed by atoms with van der Waals surface area (Å²) in [6.45, 7) is 2.21. The average Bonchev–Trinajstić information content (AvgIpc) is 2.88. The first kappa shape index (κ1) is 11.7. The van der Waals surface area contributed by atoms with Crippen molar-refractivity contribution in [3.63, 3.8) is 0 Å². The predicted molar refractivity (Wildman–Crippen MR) is 69.4 cm³/mol. The van der Waals surface area contributed by atoms with E-state index < -0.39 is 5.54 Å². The van der Waals surface area contributed by atoms with Gasteiger partial charge in [0.2, 0.25) is 0 Å². The Balaban J connectivity index is 1.89. The van der Waals surface area contributed by atoms with Crippen LogP contribution in [0.3, 0.4) is 0 Å². The van der Waals surface area contributed by atoms with Crippen LogP contribution in [0.15, 0.2) is 12.1 Å². The Morgan fingerprint density at radius 1 is 1.22 bits per heavy atom. The van der Waals surface area contributed by atoms with Gasteiger partial charge in [-0.15, -0.1) is 0 Å². The van der Waals surface area contributed by atoms with Crippen LogP contribution in [0.4, 0.5) is 0 Å². The first-order valence-corrected chi connectivity index (χ1v) is 6.72. The zero-order valence-corrected chi connectivity index (χ0v) is 10.8. The fourth-order valence-corrected chi connectivity index (χ4v) is 3.22. The topological polar surface area (TPSA) is 52.3 Å². The number of hydrogen-bond acceptors (Lipinski definition) is 3. The van der Waals surface area contributed by atoms with Gasteiger partial charge in [0.25, 0.3) is 0 Å². The second kappa shape index (κ2) is 4.09. The van der Waals surface area contributed by atoms with Crippen molar-refractivity contribution in [3.05, 3.63) is 34.4 Å². The van der Waals surface area contributed by atoms with E-state index in [0.717, 1.165) is 0 Å². The summed E-state index contributed by atoms with van der Waals surface area (Å²) in [5, 5.41) is 0. The van der Waals surface area contributed by atoms with Gasteiger partial charge >= 0.3 is 5.97 Å². The van der Waals surface area contributed by atoms with Crippen LogP contribution in [0.5, 0.6) is 0 Å². The predicted octanol–water partition coefficient (Wildman–Crippen LogP) is 1.53. The Hall–Kier alpha value is -1.35. The van der Waals surface area contributed by atoms with Gasteiger partial charge in [-0.05, 0) is 48.4 Å². The minimum Gasteiger partial charge on any atom is -0.465 e. The van der Waals surface area contributed by atoms with Gasteiger partial charge in [-0.2, -0.15) is 0 Å². The van der Waals surface area contributed by atoms with Gasteiger partial charge in [-0.1, -0.05) is 12.1 Å². The van der Waals surface area contributed by atoms with E-state index in [2.05, 4.69) is 12.1 Å². The minimum atomic E-state index is -0.840. The molecule has 1 aromatic carbocycles. The van der Waals surface area contributed by atoms with E-state index in [1.54, 1.807) is 0 Å². The molecule has 0 bridgehead atoms. The van der Waals surface area contributed by atoms with Crippen LogP contribution in [-0.2, 0) is 35.2 Å². The van der Waals surface area contributed by atoms with Gasteiger partial charge in [0, 0.05) is 12.8 Å². The van der Waals surface area contributed by atoms with Crippen molar-refractivity contribution in [2.45, 2.75) is 44.6 Å². The highest BCUT2D eigenvalue weighted by Gasteiger charge is 2.42. The van der Waals surface area contributed by atoms with Crippen molar-refractivity contribution in [2.75, 3.05) is 6.61 Å². The fourth-order valence-electron chi connectivity index (χ4n) is 3.22. The van der Waals surface area contributed by atoms with Crippen molar-refractivity contribution in [2.24, 2.45) is 5.73 Å². The number of benzene rings is 1. The Morgan fingerprint density at radius 3 is 2.28 bits per heavy atom. The summed E-state index contributed by atoms with van der Waals surface area (Å²) < 4.78 is 5.10. The summed E-state index contributed by atoms with van der Waals surface area (Å²) in [7, 11) is 0. The molecule has 0 aromatic heterocycles. The zero-order chi connectivity index (χ0) is 12.8. The number of ether oxygens (including phenoxy) is 1. The standard InChI is InChI=1S/C15H19NO2/c1-2-18-14(17)15(16)8-12-6-10-4-3-5-11(10)7-13(12)9-15/h6-7H,2-5,8-9,16H2,1H3. The lowest BCUT2D eigenvalue weighted by Gasteiger charge is -2.20. The summed E-state index contributed by atoms with van der Waals surface area (Å²) in [5.41, 5.74) is 10.8. The second-order valence-corrected chi connectivity index (χ2v) is 5.47. The first-order valence-electron chi connectivity index (χ1n) is 6.72. The van der Waals surface area contributed by atoms with E-state index in [9.17, 15) is 4.79 Å². The number of carbonyl (C=O) groups is 1. The maximum absolute atomic E-state index is 11.9. The molecule has 0 spiro atoms. The van der Waals surface area contributed by atoms with Crippen LogP contribution in [0, 0.1) is 0 Å². The Bertz CT molecular complexity index is 474. The van der Waals surface area contributed by atoms with Crippen LogP contribution in [0.25, 0.3) is 0 Å². The van der Waals surface area contributed by atoms with E-state index in [1.807, 2.05) is 6.92 Å². The smallest absolute Gasteiger partial charge is 0.326 e. The number of esters is 1. The highest BCUT2D eigenvalue weighted by molar-refractivity contribution is 5.83. The molecule has 0 saturated heterocycles. The Labute approximate surface area is 107 Å². The third kappa shape index (κ3) is 1.74. The number of carbonyl (C=O) groups excluding carboxylic acids is 1. The van der Waals surface area contributed by atoms with Crippen molar-refractivity contribution in [1.82, 2.24) is 0 Å². The largest absolute Gasteiger partial charge is 0.465 e. The van der Waals surface area contributed by atoms with Crippen molar-refractivity contribution in [1.29, 1.82) is 0 Å². The molecule has 0 amide bonds. The van der Waals surface area contributed by atoms with Crippen LogP contribution in [-0.4, -0.2) is 18.1 Å². The first-order chi connectivity index (χ1) is 8.62. The highest BCUT2D eigenvalue weighted by atomic mass is 16.5. The van der Waals surface area contributed by atoms with E-state index in [1.165, 1.54) is 41.5 Å². The lowest BCUT2D eigenvalue weighted by Crippen LogP contribution is -2.50. The van der Waals surface area contributed by atoms with Gasteiger partial charge in [0.15, 0.2) is 0 Å². The number of aryl methyl sites for hydroxylation is 2. The number of rotatable bonds is 2. The molecule has 0 radical (unpaired) electrons. The molecule has 0 aliphatic heterocycles. The highest BCUT2D eigenvalue weighted by Crippen LogP contribution is 2.34. The van der Waals surface area contributed by atoms with Crippen LogP contribution in [0.2, 0.25) is 0 Å². The van der Waals surface area contributed by atoms with E-state index in [0.29, 0.717) is 19.4 Å². The number of nitrogens with two attached hydrogens (primary N) is 1. The SMILES string of the molecule is CCOC(=O)C1(N)Cc2cc3c(cc2C1)CCC3. The summed E-state index contributed by atoms with van der Waals surface area (Å²) in [6.07, 6.45) is 4.83. The molecule has 2 N–H and O–H groups in total. The van der Waals surface area contributed by atoms with Gasteiger partial charge in [-0.25, -0.2) is 0 Å². The fraction of sp³-hybridized carbons (Fsp3) is 0.533. The van der Waals surface area contributed by atoms with Crippen molar-refractivity contribution in [3.8, 4) is 0 Å². The molecule has 1 aromatic rings. The lowest BCUT2D eigenvalue weighted by molar-refractivity contribution is -0.149. The Kier molecular flexibility index (Phi) is 2.67. The van der Waals surface area contributed by atoms with Crippen LogP contribution < -0.4 is 5.73 Å². The molecule has 2 aliphatic carbocycles. The van der Waals surface area contributed by atoms with Crippen molar-refractivity contribution >= 4 is 5.97 Å². The van der Waals surface area contributed by atoms with E-state index in [-0.39, 0.29) is 5.97 Å². The molecular weight excluding hydrogens is 226 g/mol. The molecule has 0 unspecified atom stereocenters. The average molecular weight is 245 g/mol. The maximum atomic E-state index is 11.9. The molecular formula is C15H19NO2. The molecule has 0 fully saturated rings.